The number of hydrogen-bond donors (Lipinski definition) is 1. The van der Waals surface area contributed by atoms with E-state index in [1.807, 2.05) is 59.4 Å². The summed E-state index contributed by atoms with van der Waals surface area (Å²) in [5.74, 6) is 0.286. The van der Waals surface area contributed by atoms with Crippen molar-refractivity contribution in [2.75, 3.05) is 0 Å². The summed E-state index contributed by atoms with van der Waals surface area (Å²) in [6, 6.07) is 17.0. The van der Waals surface area contributed by atoms with Gasteiger partial charge >= 0.3 is 0 Å². The molecular formula is C45H60IrNO2S-. The Morgan fingerprint density at radius 3 is 2.04 bits per heavy atom. The van der Waals surface area contributed by atoms with E-state index in [0.717, 1.165) is 60.6 Å². The van der Waals surface area contributed by atoms with Gasteiger partial charge in [0.2, 0.25) is 0 Å². The summed E-state index contributed by atoms with van der Waals surface area (Å²) >= 11 is 1.87. The van der Waals surface area contributed by atoms with Crippen LogP contribution in [-0.4, -0.2) is 15.9 Å². The maximum absolute atomic E-state index is 12.2. The molecule has 0 atom stereocenters. The Balaban J connectivity index is 0.000000335. The van der Waals surface area contributed by atoms with Crippen molar-refractivity contribution in [3.05, 3.63) is 77.2 Å². The van der Waals surface area contributed by atoms with Crippen molar-refractivity contribution in [1.82, 2.24) is 4.98 Å². The first-order valence-corrected chi connectivity index (χ1v) is 19.1. The maximum atomic E-state index is 12.2. The number of nitrogens with zero attached hydrogens (tertiary/aromatic N) is 1. The molecule has 5 rings (SSSR count). The van der Waals surface area contributed by atoms with Crippen LogP contribution in [0.15, 0.2) is 64.2 Å². The molecule has 0 amide bonds. The molecule has 1 aliphatic heterocycles. The van der Waals surface area contributed by atoms with Crippen LogP contribution >= 0.6 is 11.8 Å². The summed E-state index contributed by atoms with van der Waals surface area (Å²) in [5, 5.41) is 14.9. The molecule has 1 aliphatic rings. The third kappa shape index (κ3) is 9.30. The van der Waals surface area contributed by atoms with Crippen molar-refractivity contribution >= 4 is 39.1 Å². The van der Waals surface area contributed by atoms with Crippen LogP contribution < -0.4 is 0 Å². The zero-order valence-electron chi connectivity index (χ0n) is 33.8. The molecule has 273 valence electrons. The number of allylic oxidation sites excluding steroid dienone is 2. The van der Waals surface area contributed by atoms with E-state index in [9.17, 15) is 9.90 Å². The van der Waals surface area contributed by atoms with Crippen LogP contribution in [0.25, 0.3) is 32.8 Å². The third-order valence-corrected chi connectivity index (χ3v) is 11.8. The summed E-state index contributed by atoms with van der Waals surface area (Å²) in [6.45, 7) is 28.0. The van der Waals surface area contributed by atoms with Gasteiger partial charge in [-0.3, -0.25) is 9.78 Å². The second kappa shape index (κ2) is 16.1. The number of hydrogen-bond acceptors (Lipinski definition) is 4. The van der Waals surface area contributed by atoms with Crippen LogP contribution in [-0.2, 0) is 37.7 Å². The summed E-state index contributed by atoms with van der Waals surface area (Å²) in [4.78, 5) is 19.5. The van der Waals surface area contributed by atoms with Crippen LogP contribution in [0.4, 0.5) is 0 Å². The van der Waals surface area contributed by atoms with Gasteiger partial charge in [-0.2, -0.15) is 0 Å². The van der Waals surface area contributed by atoms with Gasteiger partial charge in [0.25, 0.3) is 0 Å². The Labute approximate surface area is 322 Å². The van der Waals surface area contributed by atoms with Gasteiger partial charge in [-0.15, -0.1) is 29.3 Å². The normalized spacial score (nSPS) is 13.7. The zero-order chi connectivity index (χ0) is 37.4. The first-order chi connectivity index (χ1) is 23.2. The predicted molar refractivity (Wildman–Crippen MR) is 212 cm³/mol. The van der Waals surface area contributed by atoms with E-state index in [4.69, 9.17) is 6.35 Å². The molecule has 0 fully saturated rings. The minimum absolute atomic E-state index is 0. The SMILES string of the molecule is CCC(C)(CC)C(=O)/C=C(\O)C(C)(CC)CC.[2H]c1cc2cc(CC(C)(C)C)cc3c2c(n1)-c1[c-]c2cc(C)ccc2c(CC(C)(C)C)c1S3.[Ir]. The summed E-state index contributed by atoms with van der Waals surface area (Å²) in [5.41, 5.74) is 5.69. The molecule has 1 N–H and O–H groups in total. The van der Waals surface area contributed by atoms with Crippen molar-refractivity contribution in [3.8, 4) is 11.3 Å². The van der Waals surface area contributed by atoms with Crippen LogP contribution in [0.1, 0.15) is 127 Å². The number of rotatable bonds is 9. The minimum atomic E-state index is -0.337. The van der Waals surface area contributed by atoms with E-state index in [-0.39, 0.29) is 53.3 Å². The number of aliphatic hydroxyl groups is 1. The second-order valence-corrected chi connectivity index (χ2v) is 18.2. The number of benzene rings is 3. The number of aliphatic hydroxyl groups excluding tert-OH is 1. The number of fused-ring (bicyclic) bond motifs is 3. The molecule has 4 aromatic rings. The van der Waals surface area contributed by atoms with Gasteiger partial charge in [0.15, 0.2) is 5.78 Å². The fourth-order valence-electron chi connectivity index (χ4n) is 6.53. The minimum Gasteiger partial charge on any atom is -0.512 e. The number of ketones is 1. The first kappa shape index (κ1) is 40.3. The van der Waals surface area contributed by atoms with Crippen molar-refractivity contribution in [1.29, 1.82) is 0 Å². The average Bonchev–Trinajstić information content (AvgIpc) is 3.02. The van der Waals surface area contributed by atoms with Crippen LogP contribution in [0.3, 0.4) is 0 Å². The predicted octanol–water partition coefficient (Wildman–Crippen LogP) is 13.5. The number of aryl methyl sites for hydroxylation is 1. The summed E-state index contributed by atoms with van der Waals surface area (Å²) in [6.07, 6.45) is 7.07. The quantitative estimate of drug-likeness (QED) is 0.0911. The van der Waals surface area contributed by atoms with Gasteiger partial charge < -0.3 is 5.11 Å². The molecule has 1 aromatic heterocycles. The molecule has 50 heavy (non-hydrogen) atoms. The number of aromatic nitrogens is 1. The topological polar surface area (TPSA) is 50.2 Å². The van der Waals surface area contributed by atoms with E-state index in [0.29, 0.717) is 6.17 Å². The molecule has 1 radical (unpaired) electrons. The van der Waals surface area contributed by atoms with Gasteiger partial charge in [-0.05, 0) is 89.6 Å². The molecule has 0 aliphatic carbocycles. The van der Waals surface area contributed by atoms with Gasteiger partial charge in [0, 0.05) is 53.8 Å². The third-order valence-electron chi connectivity index (χ3n) is 10.6. The molecule has 0 saturated carbocycles. The number of carbonyl (C=O) groups is 1. The molecule has 3 nitrogen and oxygen atoms in total. The first-order valence-electron chi connectivity index (χ1n) is 18.7. The Morgan fingerprint density at radius 2 is 1.48 bits per heavy atom. The molecule has 0 unspecified atom stereocenters. The van der Waals surface area contributed by atoms with Gasteiger partial charge in [0.1, 0.15) is 5.76 Å². The molecule has 2 heterocycles. The van der Waals surface area contributed by atoms with E-state index in [2.05, 4.69) is 84.9 Å². The summed E-state index contributed by atoms with van der Waals surface area (Å²) < 4.78 is 8.47. The largest absolute Gasteiger partial charge is 0.512 e. The second-order valence-electron chi connectivity index (χ2n) is 17.2. The molecule has 0 spiro atoms. The smallest absolute Gasteiger partial charge is 0.164 e. The number of carbonyl (C=O) groups excluding carboxylic acids is 1. The average molecular weight is 872 g/mol. The van der Waals surface area contributed by atoms with E-state index >= 15 is 0 Å². The Morgan fingerprint density at radius 1 is 0.880 bits per heavy atom. The fourth-order valence-corrected chi connectivity index (χ4v) is 7.83. The van der Waals surface area contributed by atoms with Crippen molar-refractivity contribution in [2.24, 2.45) is 21.7 Å². The molecule has 3 aromatic carbocycles. The monoisotopic (exact) mass is 872 g/mol. The molecule has 0 saturated heterocycles. The maximum Gasteiger partial charge on any atom is 0.164 e. The van der Waals surface area contributed by atoms with E-state index < -0.39 is 0 Å². The van der Waals surface area contributed by atoms with Crippen molar-refractivity contribution in [3.63, 3.8) is 0 Å². The molecule has 5 heteroatoms. The van der Waals surface area contributed by atoms with E-state index in [1.54, 1.807) is 0 Å². The van der Waals surface area contributed by atoms with Crippen LogP contribution in [0.2, 0.25) is 0 Å². The van der Waals surface area contributed by atoms with Gasteiger partial charge in [0.05, 0.1) is 1.37 Å². The zero-order valence-corrected chi connectivity index (χ0v) is 36.0. The Hall–Kier alpha value is -2.46. The van der Waals surface area contributed by atoms with Gasteiger partial charge in [-0.1, -0.05) is 123 Å². The van der Waals surface area contributed by atoms with Crippen LogP contribution in [0, 0.1) is 34.7 Å². The molecule has 0 bridgehead atoms. The van der Waals surface area contributed by atoms with Crippen LogP contribution in [0.5, 0.6) is 0 Å². The van der Waals surface area contributed by atoms with Crippen molar-refractivity contribution < 1.29 is 31.4 Å². The fraction of sp³-hybridized carbons (Fsp3) is 0.511. The molecular weight excluding hydrogens is 811 g/mol. The summed E-state index contributed by atoms with van der Waals surface area (Å²) in [7, 11) is 0. The van der Waals surface area contributed by atoms with Gasteiger partial charge in [-0.25, -0.2) is 0 Å². The van der Waals surface area contributed by atoms with Crippen molar-refractivity contribution in [2.45, 2.75) is 138 Å². The number of pyridine rings is 1. The standard InChI is InChI=1S/C30H32NS.C15H28O2.Ir/c1-18-8-9-22-21(12-18)15-23-27-26-20(10-11-31-27)13-19(16-29(2,3)4)14-25(26)32-28(23)24(22)17-30(5,6)7;1-7-14(5,8-2)12(16)11-13(17)15(6,9-3)10-4;/h8-14H,16-17H2,1-7H3;11,16H,7-10H2,1-6H3;/q-1;;/b;12-11-;/i11D;;. The Bertz CT molecular complexity index is 1920. The Kier molecular flexibility index (Phi) is 12.9. The van der Waals surface area contributed by atoms with E-state index in [1.165, 1.54) is 43.3 Å².